The summed E-state index contributed by atoms with van der Waals surface area (Å²) in [5, 5.41) is 0.887. The number of anilines is 1. The van der Waals surface area contributed by atoms with Gasteiger partial charge in [0.15, 0.2) is 5.13 Å². The van der Waals surface area contributed by atoms with E-state index in [1.807, 2.05) is 0 Å². The Bertz CT molecular complexity index is 885. The maximum Gasteiger partial charge on any atom is 0.312 e. The third-order valence-electron chi connectivity index (χ3n) is 7.20. The number of rotatable bonds is 3. The van der Waals surface area contributed by atoms with Crippen LogP contribution in [0.1, 0.15) is 38.5 Å². The van der Waals surface area contributed by atoms with Gasteiger partial charge in [0.2, 0.25) is 0 Å². The summed E-state index contributed by atoms with van der Waals surface area (Å²) in [7, 11) is 0. The van der Waals surface area contributed by atoms with E-state index in [9.17, 15) is 9.18 Å². The maximum atomic E-state index is 13.4. The highest BCUT2D eigenvalue weighted by molar-refractivity contribution is 7.22. The van der Waals surface area contributed by atoms with E-state index in [1.54, 1.807) is 6.07 Å². The number of hydrogen-bond donors (Lipinski definition) is 0. The van der Waals surface area contributed by atoms with Crippen molar-refractivity contribution < 1.29 is 13.9 Å². The standard InChI is InChI=1S/C21H23FN2O2S/c22-15-1-2-17-18(6-15)27-20(23-17)24-10-16(11-24)26-19(25)21-7-12-3-13(8-21)5-14(4-12)9-21/h1-2,6,12-14,16H,3-5,7-11H2. The van der Waals surface area contributed by atoms with Crippen molar-refractivity contribution in [2.75, 3.05) is 18.0 Å². The van der Waals surface area contributed by atoms with Crippen LogP contribution in [0.25, 0.3) is 10.2 Å². The number of fused-ring (bicyclic) bond motifs is 1. The molecule has 0 radical (unpaired) electrons. The molecule has 0 spiro atoms. The fraction of sp³-hybridized carbons (Fsp3) is 0.619. The van der Waals surface area contributed by atoms with Gasteiger partial charge in [-0.15, -0.1) is 0 Å². The number of carbonyl (C=O) groups is 1. The van der Waals surface area contributed by atoms with Crippen LogP contribution in [0.3, 0.4) is 0 Å². The van der Waals surface area contributed by atoms with Crippen molar-refractivity contribution >= 4 is 32.7 Å². The Balaban J connectivity index is 1.11. The molecular formula is C21H23FN2O2S. The minimum atomic E-state index is -0.233. The number of esters is 1. The Morgan fingerprint density at radius 3 is 2.48 bits per heavy atom. The number of thiazole rings is 1. The lowest BCUT2D eigenvalue weighted by Gasteiger charge is -2.55. The summed E-state index contributed by atoms with van der Waals surface area (Å²) in [5.74, 6) is 2.10. The van der Waals surface area contributed by atoms with Crippen LogP contribution >= 0.6 is 11.3 Å². The normalized spacial score (nSPS) is 34.9. The monoisotopic (exact) mass is 386 g/mol. The van der Waals surface area contributed by atoms with E-state index in [2.05, 4.69) is 9.88 Å². The van der Waals surface area contributed by atoms with Crippen molar-refractivity contribution in [3.63, 3.8) is 0 Å². The van der Waals surface area contributed by atoms with E-state index < -0.39 is 0 Å². The maximum absolute atomic E-state index is 13.4. The topological polar surface area (TPSA) is 42.4 Å². The number of aromatic nitrogens is 1. The van der Waals surface area contributed by atoms with Gasteiger partial charge >= 0.3 is 5.97 Å². The number of benzene rings is 1. The Morgan fingerprint density at radius 2 is 1.81 bits per heavy atom. The smallest absolute Gasteiger partial charge is 0.312 e. The zero-order chi connectivity index (χ0) is 18.2. The lowest BCUT2D eigenvalue weighted by molar-refractivity contribution is -0.178. The molecule has 6 heteroatoms. The van der Waals surface area contributed by atoms with Crippen LogP contribution in [0.4, 0.5) is 9.52 Å². The largest absolute Gasteiger partial charge is 0.458 e. The summed E-state index contributed by atoms with van der Waals surface area (Å²) >= 11 is 1.50. The van der Waals surface area contributed by atoms with Crippen molar-refractivity contribution in [3.8, 4) is 0 Å². The second kappa shape index (κ2) is 5.66. The minimum Gasteiger partial charge on any atom is -0.458 e. The van der Waals surface area contributed by atoms with E-state index in [0.29, 0.717) is 13.1 Å². The van der Waals surface area contributed by atoms with Crippen molar-refractivity contribution in [2.24, 2.45) is 23.2 Å². The molecule has 4 bridgehead atoms. The van der Waals surface area contributed by atoms with E-state index >= 15 is 0 Å². The number of ether oxygens (including phenoxy) is 1. The van der Waals surface area contributed by atoms with Crippen LogP contribution in [-0.2, 0) is 9.53 Å². The Kier molecular flexibility index (Phi) is 3.41. The van der Waals surface area contributed by atoms with Gasteiger partial charge in [-0.3, -0.25) is 4.79 Å². The molecule has 1 saturated heterocycles. The predicted octanol–water partition coefficient (Wildman–Crippen LogP) is 4.38. The van der Waals surface area contributed by atoms with Crippen LogP contribution in [-0.4, -0.2) is 30.1 Å². The van der Waals surface area contributed by atoms with Gasteiger partial charge in [-0.2, -0.15) is 0 Å². The summed E-state index contributed by atoms with van der Waals surface area (Å²) in [6.45, 7) is 1.39. The average molecular weight is 386 g/mol. The summed E-state index contributed by atoms with van der Waals surface area (Å²) in [5.41, 5.74) is 0.646. The first-order valence-corrected chi connectivity index (χ1v) is 10.9. The molecule has 1 aliphatic heterocycles. The molecule has 2 aromatic rings. The Labute approximate surface area is 161 Å². The highest BCUT2D eigenvalue weighted by atomic mass is 32.1. The van der Waals surface area contributed by atoms with Crippen LogP contribution in [0, 0.1) is 29.0 Å². The molecule has 0 unspecified atom stereocenters. The Morgan fingerprint density at radius 1 is 1.15 bits per heavy atom. The van der Waals surface area contributed by atoms with Gasteiger partial charge in [0, 0.05) is 0 Å². The highest BCUT2D eigenvalue weighted by Gasteiger charge is 2.56. The van der Waals surface area contributed by atoms with Crippen LogP contribution in [0.5, 0.6) is 0 Å². The lowest BCUT2D eigenvalue weighted by atomic mass is 9.49. The van der Waals surface area contributed by atoms with E-state index in [4.69, 9.17) is 4.74 Å². The van der Waals surface area contributed by atoms with Crippen molar-refractivity contribution in [2.45, 2.75) is 44.6 Å². The zero-order valence-electron chi connectivity index (χ0n) is 15.2. The third kappa shape index (κ3) is 2.59. The number of carbonyl (C=O) groups excluding carboxylic acids is 1. The molecule has 27 heavy (non-hydrogen) atoms. The molecule has 0 atom stereocenters. The van der Waals surface area contributed by atoms with Gasteiger partial charge in [-0.1, -0.05) is 11.3 Å². The van der Waals surface area contributed by atoms with E-state index in [1.165, 1.54) is 42.7 Å². The molecule has 1 aromatic carbocycles. The summed E-state index contributed by atoms with van der Waals surface area (Å²) in [6, 6.07) is 4.69. The Hall–Kier alpha value is -1.69. The molecule has 2 heterocycles. The highest BCUT2D eigenvalue weighted by Crippen LogP contribution is 2.60. The molecule has 4 aliphatic carbocycles. The second-order valence-corrected chi connectivity index (χ2v) is 10.2. The molecule has 1 aromatic heterocycles. The summed E-state index contributed by atoms with van der Waals surface area (Å²) in [4.78, 5) is 19.7. The third-order valence-corrected chi connectivity index (χ3v) is 8.28. The van der Waals surface area contributed by atoms with Gasteiger partial charge < -0.3 is 9.64 Å². The van der Waals surface area contributed by atoms with Crippen LogP contribution < -0.4 is 4.90 Å². The molecule has 5 aliphatic rings. The molecule has 0 amide bonds. The fourth-order valence-corrected chi connectivity index (χ4v) is 7.34. The van der Waals surface area contributed by atoms with Crippen molar-refractivity contribution in [1.82, 2.24) is 4.98 Å². The minimum absolute atomic E-state index is 0.0331. The first-order chi connectivity index (χ1) is 13.1. The van der Waals surface area contributed by atoms with Crippen molar-refractivity contribution in [1.29, 1.82) is 0 Å². The average Bonchev–Trinajstić information content (AvgIpc) is 2.98. The van der Waals surface area contributed by atoms with E-state index in [0.717, 1.165) is 52.4 Å². The number of hydrogen-bond acceptors (Lipinski definition) is 5. The van der Waals surface area contributed by atoms with E-state index in [-0.39, 0.29) is 23.3 Å². The summed E-state index contributed by atoms with van der Waals surface area (Å²) < 4.78 is 20.2. The van der Waals surface area contributed by atoms with Crippen molar-refractivity contribution in [3.05, 3.63) is 24.0 Å². The summed E-state index contributed by atoms with van der Waals surface area (Å²) in [6.07, 6.45) is 7.13. The SMILES string of the molecule is O=C(OC1CN(c2nc3ccc(F)cc3s2)C1)C12CC3CC(CC(C3)C1)C2. The molecular weight excluding hydrogens is 363 g/mol. The fourth-order valence-electron chi connectivity index (χ4n) is 6.33. The molecule has 7 rings (SSSR count). The lowest BCUT2D eigenvalue weighted by Crippen LogP contribution is -2.56. The first kappa shape index (κ1) is 16.3. The van der Waals surface area contributed by atoms with Gasteiger partial charge in [0.05, 0.1) is 28.7 Å². The number of halogens is 1. The molecule has 5 fully saturated rings. The first-order valence-electron chi connectivity index (χ1n) is 10.1. The number of nitrogens with zero attached hydrogens (tertiary/aromatic N) is 2. The zero-order valence-corrected chi connectivity index (χ0v) is 16.0. The van der Waals surface area contributed by atoms with Gasteiger partial charge in [-0.25, -0.2) is 9.37 Å². The second-order valence-electron chi connectivity index (χ2n) is 9.24. The quantitative estimate of drug-likeness (QED) is 0.734. The van der Waals surface area contributed by atoms with Gasteiger partial charge in [0.1, 0.15) is 11.9 Å². The predicted molar refractivity (Wildman–Crippen MR) is 102 cm³/mol. The molecule has 142 valence electrons. The van der Waals surface area contributed by atoms with Crippen LogP contribution in [0.15, 0.2) is 18.2 Å². The molecule has 4 nitrogen and oxygen atoms in total. The van der Waals surface area contributed by atoms with Crippen LogP contribution in [0.2, 0.25) is 0 Å². The molecule has 4 saturated carbocycles. The molecule has 0 N–H and O–H groups in total. The van der Waals surface area contributed by atoms with Gasteiger partial charge in [-0.05, 0) is 74.5 Å². The van der Waals surface area contributed by atoms with Gasteiger partial charge in [0.25, 0.3) is 0 Å².